The molecule has 6 nitrogen and oxygen atoms in total. The van der Waals surface area contributed by atoms with Gasteiger partial charge in [0.05, 0.1) is 11.5 Å². The maximum Gasteiger partial charge on any atom is 0.243 e. The van der Waals surface area contributed by atoms with Crippen molar-refractivity contribution in [2.45, 2.75) is 31.6 Å². The Hall–Kier alpha value is -1.60. The summed E-state index contributed by atoms with van der Waals surface area (Å²) in [4.78, 5) is 11.1. The van der Waals surface area contributed by atoms with Crippen LogP contribution in [0.4, 0.5) is 0 Å². The van der Waals surface area contributed by atoms with Crippen LogP contribution in [0.3, 0.4) is 0 Å². The molecule has 122 valence electrons. The predicted octanol–water partition coefficient (Wildman–Crippen LogP) is 0.544. The minimum Gasteiger partial charge on any atom is -0.550 e. The summed E-state index contributed by atoms with van der Waals surface area (Å²) < 4.78 is 31.9. The van der Waals surface area contributed by atoms with Crippen LogP contribution >= 0.6 is 0 Å². The van der Waals surface area contributed by atoms with Gasteiger partial charge >= 0.3 is 0 Å². The molecule has 0 unspecified atom stereocenters. The van der Waals surface area contributed by atoms with Gasteiger partial charge in [0.1, 0.15) is 5.75 Å². The highest BCUT2D eigenvalue weighted by Gasteiger charge is 2.31. The third kappa shape index (κ3) is 3.41. The van der Waals surface area contributed by atoms with Crippen LogP contribution in [0.5, 0.6) is 5.75 Å². The third-order valence-corrected chi connectivity index (χ3v) is 5.66. The van der Waals surface area contributed by atoms with Crippen LogP contribution in [-0.4, -0.2) is 38.4 Å². The normalized spacial score (nSPS) is 19.8. The van der Waals surface area contributed by atoms with Gasteiger partial charge in [-0.05, 0) is 50.5 Å². The molecule has 0 bridgehead atoms. The minimum atomic E-state index is -3.70. The molecule has 0 radical (unpaired) electrons. The van der Waals surface area contributed by atoms with Crippen molar-refractivity contribution in [1.29, 1.82) is 0 Å². The quantitative estimate of drug-likeness (QED) is 0.788. The van der Waals surface area contributed by atoms with Crippen molar-refractivity contribution >= 4 is 16.0 Å². The lowest BCUT2D eigenvalue weighted by Gasteiger charge is -2.32. The number of aliphatic carboxylic acids is 1. The summed E-state index contributed by atoms with van der Waals surface area (Å²) in [6, 6.07) is 4.69. The number of carboxylic acid groups (broad SMARTS) is 1. The van der Waals surface area contributed by atoms with Crippen molar-refractivity contribution in [2.75, 3.05) is 19.7 Å². The van der Waals surface area contributed by atoms with Crippen LogP contribution < -0.4 is 9.84 Å². The standard InChI is InChI=1S/C15H21NO5S/c1-3-21-14-7-6-13(9-11(14)2)22(19,20)16-8-4-5-12(10-16)15(17)18/h6-7,9,12H,3-5,8,10H2,1-2H3,(H,17,18)/p-1/t12-/m1/s1. The van der Waals surface area contributed by atoms with Crippen LogP contribution in [0.2, 0.25) is 0 Å². The number of ether oxygens (including phenoxy) is 1. The molecule has 0 N–H and O–H groups in total. The monoisotopic (exact) mass is 326 g/mol. The van der Waals surface area contributed by atoms with Crippen molar-refractivity contribution < 1.29 is 23.1 Å². The Labute approximate surface area is 130 Å². The number of rotatable bonds is 5. The van der Waals surface area contributed by atoms with Crippen LogP contribution in [0.25, 0.3) is 0 Å². The van der Waals surface area contributed by atoms with Gasteiger partial charge in [-0.3, -0.25) is 0 Å². The summed E-state index contributed by atoms with van der Waals surface area (Å²) in [5.41, 5.74) is 0.733. The Balaban J connectivity index is 2.26. The zero-order valence-corrected chi connectivity index (χ0v) is 13.6. The summed E-state index contributed by atoms with van der Waals surface area (Å²) in [6.07, 6.45) is 0.977. The Morgan fingerprint density at radius 3 is 2.77 bits per heavy atom. The summed E-state index contributed by atoms with van der Waals surface area (Å²) in [7, 11) is -3.70. The SMILES string of the molecule is CCOc1ccc(S(=O)(=O)N2CCC[C@@H](C(=O)[O-])C2)cc1C. The second kappa shape index (κ2) is 6.66. The van der Waals surface area contributed by atoms with E-state index in [1.54, 1.807) is 19.1 Å². The van der Waals surface area contributed by atoms with E-state index in [0.29, 0.717) is 31.7 Å². The largest absolute Gasteiger partial charge is 0.550 e. The number of carbonyl (C=O) groups excluding carboxylic acids is 1. The minimum absolute atomic E-state index is 0.0308. The number of sulfonamides is 1. The number of benzene rings is 1. The van der Waals surface area contributed by atoms with Crippen molar-refractivity contribution in [3.05, 3.63) is 23.8 Å². The lowest BCUT2D eigenvalue weighted by Crippen LogP contribution is -2.46. The number of hydrogen-bond donors (Lipinski definition) is 0. The van der Waals surface area contributed by atoms with E-state index in [0.717, 1.165) is 5.56 Å². The molecule has 1 saturated heterocycles. The van der Waals surface area contributed by atoms with Crippen LogP contribution in [0, 0.1) is 12.8 Å². The fraction of sp³-hybridized carbons (Fsp3) is 0.533. The third-order valence-electron chi connectivity index (χ3n) is 3.80. The number of nitrogens with zero attached hydrogens (tertiary/aromatic N) is 1. The molecule has 0 spiro atoms. The van der Waals surface area contributed by atoms with E-state index in [1.807, 2.05) is 6.92 Å². The molecule has 0 saturated carbocycles. The van der Waals surface area contributed by atoms with Gasteiger partial charge < -0.3 is 14.6 Å². The zero-order chi connectivity index (χ0) is 16.3. The molecule has 1 heterocycles. The number of aryl methyl sites for hydroxylation is 1. The van der Waals surface area contributed by atoms with Crippen LogP contribution in [0.1, 0.15) is 25.3 Å². The van der Waals surface area contributed by atoms with E-state index in [-0.39, 0.29) is 11.4 Å². The topological polar surface area (TPSA) is 86.7 Å². The molecule has 7 heteroatoms. The zero-order valence-electron chi connectivity index (χ0n) is 12.7. The number of carbonyl (C=O) groups is 1. The van der Waals surface area contributed by atoms with Crippen molar-refractivity contribution in [2.24, 2.45) is 5.92 Å². The highest BCUT2D eigenvalue weighted by Crippen LogP contribution is 2.27. The molecule has 22 heavy (non-hydrogen) atoms. The van der Waals surface area contributed by atoms with Gasteiger partial charge in [0.25, 0.3) is 0 Å². The first-order chi connectivity index (χ1) is 10.4. The van der Waals surface area contributed by atoms with E-state index < -0.39 is 21.9 Å². The highest BCUT2D eigenvalue weighted by molar-refractivity contribution is 7.89. The molecule has 2 rings (SSSR count). The molecule has 1 atom stereocenters. The van der Waals surface area contributed by atoms with E-state index in [1.165, 1.54) is 10.4 Å². The molecule has 0 aliphatic carbocycles. The van der Waals surface area contributed by atoms with E-state index in [9.17, 15) is 18.3 Å². The molecule has 1 aliphatic rings. The molecular formula is C15H20NO5S-. The Morgan fingerprint density at radius 2 is 2.18 bits per heavy atom. The van der Waals surface area contributed by atoms with Crippen LogP contribution in [-0.2, 0) is 14.8 Å². The maximum atomic E-state index is 12.6. The second-order valence-electron chi connectivity index (χ2n) is 5.38. The Morgan fingerprint density at radius 1 is 1.45 bits per heavy atom. The molecule has 1 aromatic carbocycles. The number of carboxylic acids is 1. The van der Waals surface area contributed by atoms with E-state index >= 15 is 0 Å². The van der Waals surface area contributed by atoms with Crippen molar-refractivity contribution in [3.8, 4) is 5.75 Å². The van der Waals surface area contributed by atoms with Gasteiger partial charge in [0, 0.05) is 25.0 Å². The van der Waals surface area contributed by atoms with Gasteiger partial charge in [-0.2, -0.15) is 4.31 Å². The van der Waals surface area contributed by atoms with Gasteiger partial charge in [-0.15, -0.1) is 0 Å². The smallest absolute Gasteiger partial charge is 0.243 e. The maximum absolute atomic E-state index is 12.6. The fourth-order valence-electron chi connectivity index (χ4n) is 2.60. The first kappa shape index (κ1) is 16.8. The first-order valence-electron chi connectivity index (χ1n) is 7.30. The van der Waals surface area contributed by atoms with Crippen LogP contribution in [0.15, 0.2) is 23.1 Å². The average molecular weight is 326 g/mol. The second-order valence-corrected chi connectivity index (χ2v) is 7.32. The molecular weight excluding hydrogens is 306 g/mol. The lowest BCUT2D eigenvalue weighted by atomic mass is 10.0. The van der Waals surface area contributed by atoms with Gasteiger partial charge in [-0.25, -0.2) is 8.42 Å². The molecule has 1 aliphatic heterocycles. The number of hydrogen-bond acceptors (Lipinski definition) is 5. The molecule has 1 fully saturated rings. The molecule has 0 aromatic heterocycles. The first-order valence-corrected chi connectivity index (χ1v) is 8.74. The molecule has 1 aromatic rings. The highest BCUT2D eigenvalue weighted by atomic mass is 32.2. The predicted molar refractivity (Wildman–Crippen MR) is 78.8 cm³/mol. The average Bonchev–Trinajstić information content (AvgIpc) is 2.49. The summed E-state index contributed by atoms with van der Waals surface area (Å²) in [5.74, 6) is -1.29. The Kier molecular flexibility index (Phi) is 5.08. The van der Waals surface area contributed by atoms with E-state index in [2.05, 4.69) is 0 Å². The Bertz CT molecular complexity index is 656. The van der Waals surface area contributed by atoms with Crippen molar-refractivity contribution in [3.63, 3.8) is 0 Å². The lowest BCUT2D eigenvalue weighted by molar-refractivity contribution is -0.312. The summed E-state index contributed by atoms with van der Waals surface area (Å²) in [5, 5.41) is 11.0. The number of piperidine rings is 1. The summed E-state index contributed by atoms with van der Waals surface area (Å²) >= 11 is 0. The van der Waals surface area contributed by atoms with Gasteiger partial charge in [-0.1, -0.05) is 0 Å². The summed E-state index contributed by atoms with van der Waals surface area (Å²) in [6.45, 7) is 4.45. The molecule has 0 amide bonds. The van der Waals surface area contributed by atoms with Gasteiger partial charge in [0.2, 0.25) is 10.0 Å². The van der Waals surface area contributed by atoms with E-state index in [4.69, 9.17) is 4.74 Å². The van der Waals surface area contributed by atoms with Gasteiger partial charge in [0.15, 0.2) is 0 Å². The fourth-order valence-corrected chi connectivity index (χ4v) is 4.21. The van der Waals surface area contributed by atoms with Crippen molar-refractivity contribution in [1.82, 2.24) is 4.31 Å².